The van der Waals surface area contributed by atoms with Gasteiger partial charge in [0.05, 0.1) is 23.4 Å². The van der Waals surface area contributed by atoms with Crippen molar-refractivity contribution in [1.82, 2.24) is 9.80 Å². The van der Waals surface area contributed by atoms with Crippen molar-refractivity contribution in [3.05, 3.63) is 22.5 Å². The number of amides is 2. The SMILES string of the molecule is COC12C(COC(N)=O)C3=C(C(=O)C(C)=C(N)C3=O)N1CC1C2N1C(=O)CCl. The van der Waals surface area contributed by atoms with E-state index in [1.165, 1.54) is 14.0 Å². The average Bonchev–Trinajstić information content (AvgIpc) is 3.17. The predicted octanol–water partition coefficient (Wildman–Crippen LogP) is -1.17. The van der Waals surface area contributed by atoms with Crippen molar-refractivity contribution in [3.8, 4) is 0 Å². The predicted molar refractivity (Wildman–Crippen MR) is 94.5 cm³/mol. The van der Waals surface area contributed by atoms with Crippen molar-refractivity contribution in [1.29, 1.82) is 0 Å². The van der Waals surface area contributed by atoms with Gasteiger partial charge >= 0.3 is 6.09 Å². The first-order chi connectivity index (χ1) is 13.2. The molecule has 0 aromatic carbocycles. The Hall–Kier alpha value is -2.59. The maximum atomic E-state index is 13.0. The zero-order chi connectivity index (χ0) is 20.5. The van der Waals surface area contributed by atoms with Crippen LogP contribution < -0.4 is 11.5 Å². The highest BCUT2D eigenvalue weighted by Crippen LogP contribution is 2.59. The Morgan fingerprint density at radius 3 is 2.57 bits per heavy atom. The quantitative estimate of drug-likeness (QED) is 0.335. The Morgan fingerprint density at radius 1 is 1.32 bits per heavy atom. The van der Waals surface area contributed by atoms with E-state index in [2.05, 4.69) is 0 Å². The summed E-state index contributed by atoms with van der Waals surface area (Å²) in [4.78, 5) is 52.6. The third-order valence-electron chi connectivity index (χ3n) is 6.09. The van der Waals surface area contributed by atoms with Crippen LogP contribution in [-0.2, 0) is 23.9 Å². The molecule has 4 aliphatic rings. The minimum Gasteiger partial charge on any atom is -0.449 e. The van der Waals surface area contributed by atoms with Crippen molar-refractivity contribution < 1.29 is 28.7 Å². The van der Waals surface area contributed by atoms with E-state index in [0.29, 0.717) is 6.54 Å². The van der Waals surface area contributed by atoms with Crippen LogP contribution in [0.5, 0.6) is 0 Å². The molecule has 10 nitrogen and oxygen atoms in total. The van der Waals surface area contributed by atoms with Gasteiger partial charge in [-0.25, -0.2) is 4.79 Å². The van der Waals surface area contributed by atoms with Crippen LogP contribution in [-0.4, -0.2) is 77.3 Å². The van der Waals surface area contributed by atoms with E-state index < -0.39 is 29.6 Å². The third-order valence-corrected chi connectivity index (χ3v) is 6.32. The molecule has 11 heteroatoms. The Balaban J connectivity index is 1.82. The molecule has 4 rings (SSSR count). The fourth-order valence-corrected chi connectivity index (χ4v) is 5.02. The molecular formula is C17H19ClN4O6. The number of fused-ring (bicyclic) bond motifs is 4. The van der Waals surface area contributed by atoms with Gasteiger partial charge in [0.1, 0.15) is 18.5 Å². The zero-order valence-corrected chi connectivity index (χ0v) is 16.0. The summed E-state index contributed by atoms with van der Waals surface area (Å²) < 4.78 is 10.8. The molecule has 150 valence electrons. The Labute approximate surface area is 165 Å². The number of hydrogen-bond donors (Lipinski definition) is 2. The molecule has 2 amide bonds. The molecule has 3 heterocycles. The number of nitrogens with two attached hydrogens (primary N) is 2. The van der Waals surface area contributed by atoms with Gasteiger partial charge in [-0.05, 0) is 6.92 Å². The van der Waals surface area contributed by atoms with Crippen LogP contribution in [0.25, 0.3) is 0 Å². The van der Waals surface area contributed by atoms with Gasteiger partial charge < -0.3 is 30.7 Å². The number of allylic oxidation sites excluding steroid dienone is 2. The monoisotopic (exact) mass is 410 g/mol. The summed E-state index contributed by atoms with van der Waals surface area (Å²) >= 11 is 5.70. The Bertz CT molecular complexity index is 898. The fraction of sp³-hybridized carbons (Fsp3) is 0.529. The van der Waals surface area contributed by atoms with Crippen LogP contribution in [0.4, 0.5) is 4.79 Å². The topological polar surface area (TPSA) is 145 Å². The van der Waals surface area contributed by atoms with Crippen molar-refractivity contribution in [2.24, 2.45) is 17.4 Å². The summed E-state index contributed by atoms with van der Waals surface area (Å²) in [7, 11) is 1.42. The highest BCUT2D eigenvalue weighted by Gasteiger charge is 2.77. The molecular weight excluding hydrogens is 392 g/mol. The van der Waals surface area contributed by atoms with Gasteiger partial charge in [0.2, 0.25) is 17.5 Å². The van der Waals surface area contributed by atoms with Gasteiger partial charge in [-0.1, -0.05) is 0 Å². The summed E-state index contributed by atoms with van der Waals surface area (Å²) in [5.74, 6) is -2.21. The number of rotatable bonds is 4. The maximum absolute atomic E-state index is 13.0. The van der Waals surface area contributed by atoms with Crippen molar-refractivity contribution in [3.63, 3.8) is 0 Å². The van der Waals surface area contributed by atoms with E-state index in [0.717, 1.165) is 0 Å². The van der Waals surface area contributed by atoms with E-state index in [4.69, 9.17) is 32.5 Å². The molecule has 4 atom stereocenters. The number of methoxy groups -OCH3 is 1. The largest absolute Gasteiger partial charge is 0.449 e. The molecule has 3 aliphatic heterocycles. The van der Waals surface area contributed by atoms with E-state index in [1.807, 2.05) is 0 Å². The smallest absolute Gasteiger partial charge is 0.404 e. The first-order valence-electron chi connectivity index (χ1n) is 8.64. The standard InChI is InChI=1S/C17H19ClN4O6/c1-6-11(19)14(25)10-7(5-28-16(20)26)17(27-2)15-8(22(15)9(23)3-18)4-21(17)12(10)13(6)24/h7-8,15H,3-5,19H2,1-2H3,(H2,20,26). The molecule has 0 saturated carbocycles. The molecule has 0 aromatic rings. The second kappa shape index (κ2) is 5.95. The minimum atomic E-state index is -1.25. The highest BCUT2D eigenvalue weighted by atomic mass is 35.5. The first-order valence-corrected chi connectivity index (χ1v) is 9.17. The van der Waals surface area contributed by atoms with Gasteiger partial charge in [0.25, 0.3) is 0 Å². The van der Waals surface area contributed by atoms with Crippen LogP contribution in [0.15, 0.2) is 22.5 Å². The molecule has 0 radical (unpaired) electrons. The van der Waals surface area contributed by atoms with Crippen molar-refractivity contribution in [2.75, 3.05) is 26.1 Å². The maximum Gasteiger partial charge on any atom is 0.404 e. The second-order valence-corrected chi connectivity index (χ2v) is 7.42. The highest BCUT2D eigenvalue weighted by molar-refractivity contribution is 6.27. The lowest BCUT2D eigenvalue weighted by Gasteiger charge is -2.40. The number of ether oxygens (including phenoxy) is 2. The number of primary amides is 1. The third kappa shape index (κ3) is 2.07. The summed E-state index contributed by atoms with van der Waals surface area (Å²) in [5, 5.41) is 0. The summed E-state index contributed by atoms with van der Waals surface area (Å²) in [5.41, 5.74) is 10.0. The van der Waals surface area contributed by atoms with Crippen LogP contribution in [0, 0.1) is 5.92 Å². The van der Waals surface area contributed by atoms with Crippen LogP contribution in [0.2, 0.25) is 0 Å². The van der Waals surface area contributed by atoms with Crippen LogP contribution in [0.3, 0.4) is 0 Å². The van der Waals surface area contributed by atoms with Gasteiger partial charge in [-0.3, -0.25) is 14.4 Å². The molecule has 2 fully saturated rings. The van der Waals surface area contributed by atoms with Crippen molar-refractivity contribution in [2.45, 2.75) is 24.7 Å². The minimum absolute atomic E-state index is 0.125. The zero-order valence-electron chi connectivity index (χ0n) is 15.2. The van der Waals surface area contributed by atoms with E-state index in [-0.39, 0.29) is 52.8 Å². The van der Waals surface area contributed by atoms with Gasteiger partial charge in [0, 0.05) is 24.8 Å². The van der Waals surface area contributed by atoms with Gasteiger partial charge in [-0.15, -0.1) is 11.6 Å². The summed E-state index contributed by atoms with van der Waals surface area (Å²) in [6.07, 6.45) is -1.03. The second-order valence-electron chi connectivity index (χ2n) is 7.16. The lowest BCUT2D eigenvalue weighted by Crippen LogP contribution is -2.56. The molecule has 0 spiro atoms. The molecule has 0 bridgehead atoms. The fourth-order valence-electron chi connectivity index (χ4n) is 4.89. The lowest BCUT2D eigenvalue weighted by atomic mass is 9.82. The summed E-state index contributed by atoms with van der Waals surface area (Å²) in [6, 6.07) is -0.666. The Morgan fingerprint density at radius 2 is 2.00 bits per heavy atom. The van der Waals surface area contributed by atoms with E-state index in [9.17, 15) is 19.2 Å². The van der Waals surface area contributed by atoms with Crippen LogP contribution >= 0.6 is 11.6 Å². The summed E-state index contributed by atoms with van der Waals surface area (Å²) in [6.45, 7) is 1.48. The van der Waals surface area contributed by atoms with Gasteiger partial charge in [-0.2, -0.15) is 0 Å². The molecule has 4 unspecified atom stereocenters. The number of Topliss-reactive ketones (excluding diaryl/α,β-unsaturated/α-hetero) is 2. The van der Waals surface area contributed by atoms with Gasteiger partial charge in [0.15, 0.2) is 5.72 Å². The molecule has 1 aliphatic carbocycles. The normalized spacial score (nSPS) is 33.2. The van der Waals surface area contributed by atoms with Crippen molar-refractivity contribution >= 4 is 35.2 Å². The number of carbonyl (C=O) groups excluding carboxylic acids is 4. The van der Waals surface area contributed by atoms with Crippen LogP contribution in [0.1, 0.15) is 6.92 Å². The molecule has 0 aromatic heterocycles. The first kappa shape index (κ1) is 18.8. The number of carbonyl (C=O) groups is 4. The molecule has 4 N–H and O–H groups in total. The van der Waals surface area contributed by atoms with E-state index >= 15 is 0 Å². The number of nitrogens with zero attached hydrogens (tertiary/aromatic N) is 2. The average molecular weight is 411 g/mol. The number of hydrogen-bond acceptors (Lipinski definition) is 8. The lowest BCUT2D eigenvalue weighted by molar-refractivity contribution is -0.152. The number of piperazine rings is 1. The number of alkyl halides is 1. The number of halogens is 1. The van der Waals surface area contributed by atoms with E-state index in [1.54, 1.807) is 9.80 Å². The molecule has 2 saturated heterocycles. The Kier molecular flexibility index (Phi) is 3.99. The molecule has 28 heavy (non-hydrogen) atoms. The number of ketones is 2.